The number of aryl methyl sites for hydroxylation is 1. The van der Waals surface area contributed by atoms with Gasteiger partial charge in [-0.1, -0.05) is 48.5 Å². The molecule has 0 aliphatic carbocycles. The minimum atomic E-state index is 0.432. The Bertz CT molecular complexity index is 823. The first-order valence-corrected chi connectivity index (χ1v) is 7.56. The van der Waals surface area contributed by atoms with Gasteiger partial charge in [0.1, 0.15) is 5.75 Å². The number of ether oxygens (including phenoxy) is 1. The molecule has 0 spiro atoms. The maximum atomic E-state index is 5.94. The highest BCUT2D eigenvalue weighted by Gasteiger charge is 2.11. The van der Waals surface area contributed by atoms with E-state index >= 15 is 0 Å². The second-order valence-electron chi connectivity index (χ2n) is 5.24. The quantitative estimate of drug-likeness (QED) is 0.622. The van der Waals surface area contributed by atoms with E-state index in [-0.39, 0.29) is 0 Å². The van der Waals surface area contributed by atoms with Crippen LogP contribution in [-0.4, -0.2) is 12.2 Å². The van der Waals surface area contributed by atoms with Gasteiger partial charge in [0.05, 0.1) is 0 Å². The van der Waals surface area contributed by atoms with E-state index < -0.39 is 0 Å². The van der Waals surface area contributed by atoms with Crippen LogP contribution in [-0.2, 0) is 0 Å². The minimum absolute atomic E-state index is 0.432. The molecule has 0 N–H and O–H groups in total. The molecule has 0 radical (unpaired) electrons. The standard InChI is InChI=1S/C19H17NOS/c1-14-7-5-10-16(13-14)20(2)19(22)21-18-12-6-9-15-8-3-4-11-17(15)18/h3-13H,1-2H3. The number of hydrogen-bond donors (Lipinski definition) is 0. The monoisotopic (exact) mass is 307 g/mol. The third-order valence-corrected chi connectivity index (χ3v) is 3.97. The molecule has 0 aliphatic rings. The summed E-state index contributed by atoms with van der Waals surface area (Å²) in [6.07, 6.45) is 0. The van der Waals surface area contributed by atoms with Crippen LogP contribution in [0.3, 0.4) is 0 Å². The summed E-state index contributed by atoms with van der Waals surface area (Å²) in [6, 6.07) is 22.3. The van der Waals surface area contributed by atoms with Gasteiger partial charge < -0.3 is 9.64 Å². The fourth-order valence-electron chi connectivity index (χ4n) is 2.39. The molecule has 0 bridgehead atoms. The second-order valence-corrected chi connectivity index (χ2v) is 5.59. The summed E-state index contributed by atoms with van der Waals surface area (Å²) >= 11 is 5.45. The maximum absolute atomic E-state index is 5.94. The zero-order chi connectivity index (χ0) is 15.5. The Morgan fingerprint density at radius 1 is 0.955 bits per heavy atom. The molecule has 22 heavy (non-hydrogen) atoms. The van der Waals surface area contributed by atoms with Gasteiger partial charge in [-0.15, -0.1) is 0 Å². The first-order chi connectivity index (χ1) is 10.6. The molecule has 0 saturated heterocycles. The molecule has 0 aliphatic heterocycles. The van der Waals surface area contributed by atoms with E-state index in [2.05, 4.69) is 31.2 Å². The Kier molecular flexibility index (Phi) is 4.07. The molecule has 3 aromatic rings. The van der Waals surface area contributed by atoms with Crippen LogP contribution in [0.2, 0.25) is 0 Å². The average Bonchev–Trinajstić information content (AvgIpc) is 2.54. The fourth-order valence-corrected chi connectivity index (χ4v) is 2.58. The van der Waals surface area contributed by atoms with Crippen LogP contribution >= 0.6 is 12.2 Å². The van der Waals surface area contributed by atoms with Crippen molar-refractivity contribution >= 4 is 33.9 Å². The van der Waals surface area contributed by atoms with Gasteiger partial charge in [0.25, 0.3) is 5.17 Å². The third kappa shape index (κ3) is 2.95. The molecule has 110 valence electrons. The third-order valence-electron chi connectivity index (χ3n) is 3.61. The topological polar surface area (TPSA) is 12.5 Å². The lowest BCUT2D eigenvalue weighted by atomic mass is 10.1. The first-order valence-electron chi connectivity index (χ1n) is 7.15. The summed E-state index contributed by atoms with van der Waals surface area (Å²) in [5.74, 6) is 0.780. The lowest BCUT2D eigenvalue weighted by Crippen LogP contribution is -2.29. The summed E-state index contributed by atoms with van der Waals surface area (Å²) in [6.45, 7) is 2.06. The van der Waals surface area contributed by atoms with E-state index in [9.17, 15) is 0 Å². The van der Waals surface area contributed by atoms with E-state index in [1.165, 1.54) is 5.56 Å². The highest BCUT2D eigenvalue weighted by molar-refractivity contribution is 7.80. The van der Waals surface area contributed by atoms with Gasteiger partial charge in [0.2, 0.25) is 0 Å². The van der Waals surface area contributed by atoms with Crippen molar-refractivity contribution < 1.29 is 4.74 Å². The van der Waals surface area contributed by atoms with E-state index in [1.807, 2.05) is 54.4 Å². The van der Waals surface area contributed by atoms with Crippen LogP contribution in [0.5, 0.6) is 5.75 Å². The van der Waals surface area contributed by atoms with Crippen molar-refractivity contribution in [3.05, 3.63) is 72.3 Å². The van der Waals surface area contributed by atoms with Crippen LogP contribution < -0.4 is 9.64 Å². The highest BCUT2D eigenvalue weighted by Crippen LogP contribution is 2.26. The normalized spacial score (nSPS) is 10.5. The molecule has 0 atom stereocenters. The van der Waals surface area contributed by atoms with Crippen LogP contribution in [0.15, 0.2) is 66.7 Å². The molecule has 3 heteroatoms. The predicted octanol–water partition coefficient (Wildman–Crippen LogP) is 4.95. The van der Waals surface area contributed by atoms with Crippen molar-refractivity contribution in [1.29, 1.82) is 0 Å². The Hall–Kier alpha value is -2.39. The van der Waals surface area contributed by atoms with Gasteiger partial charge in [-0.2, -0.15) is 0 Å². The molecule has 0 fully saturated rings. The molecule has 2 nitrogen and oxygen atoms in total. The van der Waals surface area contributed by atoms with Crippen molar-refractivity contribution in [2.45, 2.75) is 6.92 Å². The lowest BCUT2D eigenvalue weighted by Gasteiger charge is -2.21. The molecule has 0 unspecified atom stereocenters. The van der Waals surface area contributed by atoms with E-state index in [1.54, 1.807) is 0 Å². The summed E-state index contributed by atoms with van der Waals surface area (Å²) < 4.78 is 5.94. The molecular weight excluding hydrogens is 290 g/mol. The summed E-state index contributed by atoms with van der Waals surface area (Å²) in [7, 11) is 1.92. The SMILES string of the molecule is Cc1cccc(N(C)C(=S)Oc2cccc3ccccc23)c1. The first kappa shape index (κ1) is 14.5. The van der Waals surface area contributed by atoms with E-state index in [4.69, 9.17) is 17.0 Å². The Morgan fingerprint density at radius 2 is 1.68 bits per heavy atom. The van der Waals surface area contributed by atoms with Gasteiger partial charge in [-0.05, 0) is 48.3 Å². The van der Waals surface area contributed by atoms with Crippen molar-refractivity contribution in [3.63, 3.8) is 0 Å². The molecule has 0 aromatic heterocycles. The smallest absolute Gasteiger partial charge is 0.269 e. The van der Waals surface area contributed by atoms with Gasteiger partial charge in [-0.25, -0.2) is 0 Å². The van der Waals surface area contributed by atoms with E-state index in [0.717, 1.165) is 22.2 Å². The summed E-state index contributed by atoms with van der Waals surface area (Å²) in [4.78, 5) is 1.88. The Balaban J connectivity index is 1.87. The lowest BCUT2D eigenvalue weighted by molar-refractivity contribution is 0.558. The molecule has 3 aromatic carbocycles. The van der Waals surface area contributed by atoms with E-state index in [0.29, 0.717) is 5.17 Å². The molecule has 0 amide bonds. The zero-order valence-electron chi connectivity index (χ0n) is 12.6. The number of benzene rings is 3. The van der Waals surface area contributed by atoms with Gasteiger partial charge in [-0.3, -0.25) is 0 Å². The minimum Gasteiger partial charge on any atom is -0.431 e. The van der Waals surface area contributed by atoms with Crippen LogP contribution in [0.1, 0.15) is 5.56 Å². The van der Waals surface area contributed by atoms with Crippen LogP contribution in [0.25, 0.3) is 10.8 Å². The van der Waals surface area contributed by atoms with Crippen molar-refractivity contribution in [2.24, 2.45) is 0 Å². The second kappa shape index (κ2) is 6.16. The van der Waals surface area contributed by atoms with Crippen molar-refractivity contribution in [1.82, 2.24) is 0 Å². The predicted molar refractivity (Wildman–Crippen MR) is 96.8 cm³/mol. The van der Waals surface area contributed by atoms with Crippen LogP contribution in [0.4, 0.5) is 5.69 Å². The number of nitrogens with zero attached hydrogens (tertiary/aromatic N) is 1. The number of hydrogen-bond acceptors (Lipinski definition) is 2. The van der Waals surface area contributed by atoms with Gasteiger partial charge >= 0.3 is 0 Å². The molecule has 3 rings (SSSR count). The number of thiocarbonyl (C=S) groups is 1. The largest absolute Gasteiger partial charge is 0.431 e. The Morgan fingerprint density at radius 3 is 2.50 bits per heavy atom. The highest BCUT2D eigenvalue weighted by atomic mass is 32.1. The zero-order valence-corrected chi connectivity index (χ0v) is 13.4. The summed E-state index contributed by atoms with van der Waals surface area (Å²) in [5.41, 5.74) is 2.21. The van der Waals surface area contributed by atoms with Crippen LogP contribution in [0, 0.1) is 6.92 Å². The fraction of sp³-hybridized carbons (Fsp3) is 0.105. The summed E-state index contributed by atoms with van der Waals surface area (Å²) in [5, 5.41) is 2.63. The number of anilines is 1. The Labute approximate surface area is 135 Å². The van der Waals surface area contributed by atoms with Crippen molar-refractivity contribution in [2.75, 3.05) is 11.9 Å². The maximum Gasteiger partial charge on any atom is 0.269 e. The molecular formula is C19H17NOS. The van der Waals surface area contributed by atoms with Crippen molar-refractivity contribution in [3.8, 4) is 5.75 Å². The van der Waals surface area contributed by atoms with Gasteiger partial charge in [0.15, 0.2) is 0 Å². The molecule has 0 saturated carbocycles. The molecule has 0 heterocycles. The number of fused-ring (bicyclic) bond motifs is 1. The van der Waals surface area contributed by atoms with Gasteiger partial charge in [0, 0.05) is 18.1 Å². The number of rotatable bonds is 2. The average molecular weight is 307 g/mol.